The van der Waals surface area contributed by atoms with Crippen LogP contribution in [-0.4, -0.2) is 41.5 Å². The van der Waals surface area contributed by atoms with Crippen LogP contribution in [0.1, 0.15) is 6.92 Å². The number of allylic oxidation sites excluding steroid dienone is 1. The van der Waals surface area contributed by atoms with Gasteiger partial charge in [-0.15, -0.1) is 12.6 Å². The Labute approximate surface area is 155 Å². The maximum Gasteiger partial charge on any atom is 0.359 e. The van der Waals surface area contributed by atoms with Crippen molar-refractivity contribution in [2.24, 2.45) is 0 Å². The fourth-order valence-electron chi connectivity index (χ4n) is 1.79. The standard InChI is InChI=1S/C10H13O2S.C6H4F6S/c1-8(11)12-9-4-6-10(7-5-9)13(2)3;7-3-1-2-4(8,13)6(11,12)5(3,9)10/h4-7H,1-3H3;1-3,13H/q+1;. The summed E-state index contributed by atoms with van der Waals surface area (Å²) in [6.45, 7) is 1.40. The van der Waals surface area contributed by atoms with Crippen LogP contribution in [0.25, 0.3) is 0 Å². The first-order chi connectivity index (χ1) is 11.7. The summed E-state index contributed by atoms with van der Waals surface area (Å²) in [5, 5.41) is -3.82. The first-order valence-corrected chi connectivity index (χ1v) is 9.57. The van der Waals surface area contributed by atoms with Gasteiger partial charge in [-0.1, -0.05) is 0 Å². The number of benzene rings is 1. The summed E-state index contributed by atoms with van der Waals surface area (Å²) < 4.78 is 79.7. The monoisotopic (exact) mass is 419 g/mol. The largest absolute Gasteiger partial charge is 0.427 e. The van der Waals surface area contributed by atoms with E-state index in [-0.39, 0.29) is 29.0 Å². The number of carbonyl (C=O) groups excluding carboxylic acids is 1. The summed E-state index contributed by atoms with van der Waals surface area (Å²) in [5.41, 5.74) is 0. The Morgan fingerprint density at radius 2 is 1.62 bits per heavy atom. The van der Waals surface area contributed by atoms with E-state index in [1.807, 2.05) is 24.3 Å². The zero-order valence-electron chi connectivity index (χ0n) is 14.0. The highest BCUT2D eigenvalue weighted by Crippen LogP contribution is 2.52. The van der Waals surface area contributed by atoms with Gasteiger partial charge in [0.25, 0.3) is 0 Å². The molecule has 1 aromatic carbocycles. The second kappa shape index (κ2) is 8.16. The van der Waals surface area contributed by atoms with Crippen molar-refractivity contribution in [2.75, 3.05) is 12.5 Å². The van der Waals surface area contributed by atoms with Gasteiger partial charge in [-0.3, -0.25) is 4.79 Å². The van der Waals surface area contributed by atoms with E-state index in [1.54, 1.807) is 0 Å². The van der Waals surface area contributed by atoms with E-state index in [4.69, 9.17) is 4.74 Å². The zero-order chi connectivity index (χ0) is 20.3. The number of esters is 1. The maximum atomic E-state index is 12.7. The van der Waals surface area contributed by atoms with Gasteiger partial charge < -0.3 is 4.74 Å². The second-order valence-corrected chi connectivity index (χ2v) is 8.27. The molecule has 0 amide bonds. The molecule has 0 fully saturated rings. The molecule has 0 saturated heterocycles. The summed E-state index contributed by atoms with van der Waals surface area (Å²) in [6, 6.07) is 7.62. The molecule has 1 aromatic rings. The Kier molecular flexibility index (Phi) is 7.14. The van der Waals surface area contributed by atoms with Crippen molar-refractivity contribution in [3.05, 3.63) is 36.4 Å². The average molecular weight is 419 g/mol. The van der Waals surface area contributed by atoms with Crippen molar-refractivity contribution in [2.45, 2.75) is 34.8 Å². The van der Waals surface area contributed by atoms with E-state index in [0.717, 1.165) is 0 Å². The van der Waals surface area contributed by atoms with Gasteiger partial charge in [0.2, 0.25) is 5.00 Å². The van der Waals surface area contributed by atoms with Crippen LogP contribution in [0.3, 0.4) is 0 Å². The third kappa shape index (κ3) is 4.91. The van der Waals surface area contributed by atoms with Gasteiger partial charge in [-0.25, -0.2) is 8.78 Å². The molecule has 0 radical (unpaired) electrons. The van der Waals surface area contributed by atoms with Gasteiger partial charge in [0, 0.05) is 17.8 Å². The number of alkyl halides is 6. The second-order valence-electron chi connectivity index (χ2n) is 5.51. The predicted octanol–water partition coefficient (Wildman–Crippen LogP) is 4.61. The molecule has 146 valence electrons. The highest BCUT2D eigenvalue weighted by atomic mass is 32.2. The van der Waals surface area contributed by atoms with Crippen molar-refractivity contribution in [3.63, 3.8) is 0 Å². The van der Waals surface area contributed by atoms with Crippen molar-refractivity contribution in [1.29, 1.82) is 0 Å². The van der Waals surface area contributed by atoms with Crippen LogP contribution in [0.5, 0.6) is 5.75 Å². The number of carbonyl (C=O) groups is 1. The minimum atomic E-state index is -5.16. The average Bonchev–Trinajstić information content (AvgIpc) is 2.51. The van der Waals surface area contributed by atoms with E-state index in [0.29, 0.717) is 5.75 Å². The Bertz CT molecular complexity index is 659. The molecule has 0 N–H and O–H groups in total. The molecule has 0 aliphatic heterocycles. The SMILES string of the molecule is CC(=O)Oc1ccc([S+](C)C)cc1.FC1C=CC(F)(S)C(F)(F)C1(F)F. The molecule has 1 aliphatic rings. The van der Waals surface area contributed by atoms with Crippen LogP contribution >= 0.6 is 12.6 Å². The van der Waals surface area contributed by atoms with E-state index in [9.17, 15) is 31.1 Å². The van der Waals surface area contributed by atoms with Crippen molar-refractivity contribution in [3.8, 4) is 5.75 Å². The smallest absolute Gasteiger partial charge is 0.359 e. The van der Waals surface area contributed by atoms with Crippen LogP contribution in [0.4, 0.5) is 26.3 Å². The molecule has 2 unspecified atom stereocenters. The van der Waals surface area contributed by atoms with Gasteiger partial charge in [0.15, 0.2) is 11.1 Å². The Morgan fingerprint density at radius 1 is 1.12 bits per heavy atom. The highest BCUT2D eigenvalue weighted by molar-refractivity contribution is 7.95. The predicted molar refractivity (Wildman–Crippen MR) is 92.0 cm³/mol. The number of rotatable bonds is 2. The van der Waals surface area contributed by atoms with Gasteiger partial charge >= 0.3 is 17.8 Å². The lowest BCUT2D eigenvalue weighted by atomic mass is 9.95. The highest BCUT2D eigenvalue weighted by Gasteiger charge is 2.73. The van der Waals surface area contributed by atoms with Crippen molar-refractivity contribution >= 4 is 29.5 Å². The van der Waals surface area contributed by atoms with E-state index in [1.165, 1.54) is 11.8 Å². The molecular formula is C16H17F6O2S2+. The summed E-state index contributed by atoms with van der Waals surface area (Å²) in [7, 11) is 0.260. The molecule has 1 aliphatic carbocycles. The molecular weight excluding hydrogens is 402 g/mol. The van der Waals surface area contributed by atoms with Crippen LogP contribution in [-0.2, 0) is 15.7 Å². The number of thiol groups is 1. The summed E-state index contributed by atoms with van der Waals surface area (Å²) in [4.78, 5) is 11.9. The van der Waals surface area contributed by atoms with E-state index >= 15 is 0 Å². The minimum Gasteiger partial charge on any atom is -0.427 e. The first-order valence-electron chi connectivity index (χ1n) is 7.09. The summed E-state index contributed by atoms with van der Waals surface area (Å²) >= 11 is 2.70. The van der Waals surface area contributed by atoms with Gasteiger partial charge in [0.1, 0.15) is 18.3 Å². The van der Waals surface area contributed by atoms with Gasteiger partial charge in [0.05, 0.1) is 0 Å². The van der Waals surface area contributed by atoms with E-state index in [2.05, 4.69) is 25.1 Å². The van der Waals surface area contributed by atoms with Gasteiger partial charge in [-0.2, -0.15) is 17.6 Å². The topological polar surface area (TPSA) is 26.3 Å². The van der Waals surface area contributed by atoms with Gasteiger partial charge in [-0.05, 0) is 36.4 Å². The molecule has 10 heteroatoms. The Hall–Kier alpha value is -1.29. The number of hydrogen-bond donors (Lipinski definition) is 1. The third-order valence-electron chi connectivity index (χ3n) is 3.25. The maximum absolute atomic E-state index is 12.7. The van der Waals surface area contributed by atoms with Crippen LogP contribution in [0.2, 0.25) is 0 Å². The fraction of sp³-hybridized carbons (Fsp3) is 0.438. The molecule has 0 aromatic heterocycles. The molecule has 0 heterocycles. The summed E-state index contributed by atoms with van der Waals surface area (Å²) in [5.74, 6) is -9.89. The molecule has 0 spiro atoms. The molecule has 0 bridgehead atoms. The van der Waals surface area contributed by atoms with Crippen molar-refractivity contribution in [1.82, 2.24) is 0 Å². The Balaban J connectivity index is 0.000000260. The van der Waals surface area contributed by atoms with Crippen LogP contribution < -0.4 is 4.74 Å². The summed E-state index contributed by atoms with van der Waals surface area (Å²) in [6.07, 6.45) is 1.13. The number of halogens is 6. The first kappa shape index (κ1) is 22.8. The van der Waals surface area contributed by atoms with Crippen molar-refractivity contribution < 1.29 is 35.9 Å². The molecule has 2 rings (SSSR count). The normalized spacial score (nSPS) is 26.0. The molecule has 0 saturated carbocycles. The quantitative estimate of drug-likeness (QED) is 0.189. The lowest BCUT2D eigenvalue weighted by Crippen LogP contribution is -2.59. The lowest BCUT2D eigenvalue weighted by Gasteiger charge is -2.37. The number of hydrogen-bond acceptors (Lipinski definition) is 3. The van der Waals surface area contributed by atoms with E-state index < -0.39 is 23.0 Å². The third-order valence-corrected chi connectivity index (χ3v) is 4.89. The lowest BCUT2D eigenvalue weighted by molar-refractivity contribution is -0.261. The molecule has 2 nitrogen and oxygen atoms in total. The minimum absolute atomic E-state index is 0.0157. The Morgan fingerprint density at radius 3 is 2.00 bits per heavy atom. The van der Waals surface area contributed by atoms with Crippen LogP contribution in [0.15, 0.2) is 41.3 Å². The fourth-order valence-corrected chi connectivity index (χ4v) is 2.71. The zero-order valence-corrected chi connectivity index (χ0v) is 15.7. The van der Waals surface area contributed by atoms with Crippen LogP contribution in [0, 0.1) is 0 Å². The molecule has 26 heavy (non-hydrogen) atoms. The number of ether oxygens (including phenoxy) is 1. The molecule has 2 atom stereocenters.